The van der Waals surface area contributed by atoms with Crippen molar-refractivity contribution in [3.05, 3.63) is 70.3 Å². The molecule has 0 radical (unpaired) electrons. The minimum Gasteiger partial charge on any atom is -0.307 e. The molecular weight excluding hydrogens is 328 g/mol. The molecule has 104 valence electrons. The molecule has 0 spiro atoms. The van der Waals surface area contributed by atoms with Crippen LogP contribution in [-0.4, -0.2) is 10.9 Å². The zero-order chi connectivity index (χ0) is 14.8. The fourth-order valence-corrected chi connectivity index (χ4v) is 2.44. The number of aromatic nitrogens is 1. The van der Waals surface area contributed by atoms with Crippen LogP contribution in [0.25, 0.3) is 10.8 Å². The van der Waals surface area contributed by atoms with Gasteiger partial charge in [0.25, 0.3) is 5.91 Å². The number of amides is 1. The summed E-state index contributed by atoms with van der Waals surface area (Å²) in [6.07, 6.45) is 0. The van der Waals surface area contributed by atoms with Crippen LogP contribution in [0.5, 0.6) is 0 Å². The second kappa shape index (κ2) is 5.66. The first kappa shape index (κ1) is 13.8. The maximum atomic E-state index is 12.5. The molecule has 21 heavy (non-hydrogen) atoms. The van der Waals surface area contributed by atoms with Crippen LogP contribution in [0.3, 0.4) is 0 Å². The number of carbonyl (C=O) groups is 1. The van der Waals surface area contributed by atoms with Gasteiger partial charge in [0, 0.05) is 10.0 Å². The molecule has 1 aromatic heterocycles. The number of rotatable bonds is 2. The van der Waals surface area contributed by atoms with Crippen LogP contribution >= 0.6 is 15.9 Å². The van der Waals surface area contributed by atoms with Crippen LogP contribution < -0.4 is 5.32 Å². The zero-order valence-electron chi connectivity index (χ0n) is 11.4. The van der Waals surface area contributed by atoms with E-state index in [1.807, 2.05) is 55.5 Å². The Bertz CT molecular complexity index is 825. The lowest BCUT2D eigenvalue weighted by molar-refractivity contribution is 0.102. The Morgan fingerprint density at radius 1 is 1.05 bits per heavy atom. The number of pyridine rings is 1. The molecule has 0 aliphatic rings. The number of carbonyl (C=O) groups excluding carboxylic acids is 1. The minimum atomic E-state index is -0.152. The minimum absolute atomic E-state index is 0.152. The molecular formula is C17H13BrN2O. The number of nitrogens with zero attached hydrogens (tertiary/aromatic N) is 1. The monoisotopic (exact) mass is 340 g/mol. The van der Waals surface area contributed by atoms with Crippen LogP contribution in [0.4, 0.5) is 5.82 Å². The average Bonchev–Trinajstić information content (AvgIpc) is 2.50. The van der Waals surface area contributed by atoms with Gasteiger partial charge in [-0.3, -0.25) is 4.79 Å². The van der Waals surface area contributed by atoms with E-state index >= 15 is 0 Å². The fourth-order valence-electron chi connectivity index (χ4n) is 2.22. The molecule has 1 heterocycles. The topological polar surface area (TPSA) is 42.0 Å². The lowest BCUT2D eigenvalue weighted by Gasteiger charge is -2.08. The Morgan fingerprint density at radius 3 is 2.62 bits per heavy atom. The Kier molecular flexibility index (Phi) is 3.71. The van der Waals surface area contributed by atoms with Gasteiger partial charge in [0.1, 0.15) is 5.82 Å². The third kappa shape index (κ3) is 2.81. The molecule has 0 unspecified atom stereocenters. The van der Waals surface area contributed by atoms with E-state index in [1.54, 1.807) is 6.07 Å². The molecule has 4 heteroatoms. The molecule has 0 bridgehead atoms. The number of hydrogen-bond acceptors (Lipinski definition) is 2. The number of aryl methyl sites for hydroxylation is 1. The van der Waals surface area contributed by atoms with Gasteiger partial charge < -0.3 is 5.32 Å². The van der Waals surface area contributed by atoms with Crippen LogP contribution in [0.1, 0.15) is 16.1 Å². The van der Waals surface area contributed by atoms with Crippen molar-refractivity contribution in [1.29, 1.82) is 0 Å². The van der Waals surface area contributed by atoms with Gasteiger partial charge in [-0.2, -0.15) is 0 Å². The van der Waals surface area contributed by atoms with Gasteiger partial charge in [-0.25, -0.2) is 4.98 Å². The Balaban J connectivity index is 1.95. The highest BCUT2D eigenvalue weighted by Crippen LogP contribution is 2.20. The molecule has 0 saturated carbocycles. The zero-order valence-corrected chi connectivity index (χ0v) is 13.0. The average molecular weight is 341 g/mol. The molecule has 0 atom stereocenters. The van der Waals surface area contributed by atoms with E-state index < -0.39 is 0 Å². The Hall–Kier alpha value is -2.20. The van der Waals surface area contributed by atoms with Crippen molar-refractivity contribution < 1.29 is 4.79 Å². The number of hydrogen-bond donors (Lipinski definition) is 1. The van der Waals surface area contributed by atoms with E-state index in [0.717, 1.165) is 20.9 Å². The molecule has 0 saturated heterocycles. The van der Waals surface area contributed by atoms with Crippen LogP contribution in [0.2, 0.25) is 0 Å². The maximum absolute atomic E-state index is 12.5. The molecule has 2 aromatic carbocycles. The smallest absolute Gasteiger partial charge is 0.257 e. The van der Waals surface area contributed by atoms with Crippen molar-refractivity contribution in [2.75, 3.05) is 5.32 Å². The summed E-state index contributed by atoms with van der Waals surface area (Å²) in [7, 11) is 0. The van der Waals surface area contributed by atoms with Crippen molar-refractivity contribution in [3.63, 3.8) is 0 Å². The third-order valence-corrected chi connectivity index (χ3v) is 4.14. The molecule has 0 fully saturated rings. The van der Waals surface area contributed by atoms with Gasteiger partial charge in [0.15, 0.2) is 0 Å². The van der Waals surface area contributed by atoms with Crippen LogP contribution in [-0.2, 0) is 0 Å². The van der Waals surface area contributed by atoms with Gasteiger partial charge in [0.05, 0.1) is 5.69 Å². The summed E-state index contributed by atoms with van der Waals surface area (Å²) in [5, 5.41) is 4.83. The lowest BCUT2D eigenvalue weighted by atomic mass is 10.0. The third-order valence-electron chi connectivity index (χ3n) is 3.30. The first-order valence-electron chi connectivity index (χ1n) is 6.57. The Morgan fingerprint density at radius 2 is 1.81 bits per heavy atom. The summed E-state index contributed by atoms with van der Waals surface area (Å²) in [5.41, 5.74) is 1.49. The van der Waals surface area contributed by atoms with Gasteiger partial charge in [-0.05, 0) is 51.8 Å². The van der Waals surface area contributed by atoms with Crippen LogP contribution in [0.15, 0.2) is 59.1 Å². The highest BCUT2D eigenvalue weighted by atomic mass is 79.9. The van der Waals surface area contributed by atoms with E-state index in [-0.39, 0.29) is 5.91 Å². The molecule has 3 nitrogen and oxygen atoms in total. The largest absolute Gasteiger partial charge is 0.307 e. The van der Waals surface area contributed by atoms with E-state index in [0.29, 0.717) is 11.4 Å². The molecule has 1 N–H and O–H groups in total. The standard InChI is InChI=1S/C17H13BrN2O/c1-11-15(18)9-10-16(19-11)20-17(21)14-8-4-6-12-5-2-3-7-13(12)14/h2-10H,1H3,(H,19,20,21). The number of halogens is 1. The molecule has 0 aliphatic carbocycles. The lowest BCUT2D eigenvalue weighted by Crippen LogP contribution is -2.13. The van der Waals surface area contributed by atoms with Crippen molar-refractivity contribution in [2.45, 2.75) is 6.92 Å². The molecule has 0 aliphatic heterocycles. The van der Waals surface area contributed by atoms with Crippen LogP contribution in [0, 0.1) is 6.92 Å². The molecule has 1 amide bonds. The summed E-state index contributed by atoms with van der Waals surface area (Å²) >= 11 is 3.40. The van der Waals surface area contributed by atoms with E-state index in [4.69, 9.17) is 0 Å². The normalized spacial score (nSPS) is 10.6. The van der Waals surface area contributed by atoms with Crippen molar-refractivity contribution >= 4 is 38.4 Å². The summed E-state index contributed by atoms with van der Waals surface area (Å²) < 4.78 is 0.922. The second-order valence-corrected chi connectivity index (χ2v) is 5.60. The highest BCUT2D eigenvalue weighted by molar-refractivity contribution is 9.10. The number of fused-ring (bicyclic) bond motifs is 1. The van der Waals surface area contributed by atoms with E-state index in [1.165, 1.54) is 0 Å². The SMILES string of the molecule is Cc1nc(NC(=O)c2cccc3ccccc23)ccc1Br. The highest BCUT2D eigenvalue weighted by Gasteiger charge is 2.10. The quantitative estimate of drug-likeness (QED) is 0.743. The molecule has 3 aromatic rings. The fraction of sp³-hybridized carbons (Fsp3) is 0.0588. The van der Waals surface area contributed by atoms with E-state index in [2.05, 4.69) is 26.2 Å². The summed E-state index contributed by atoms with van der Waals surface area (Å²) in [6.45, 7) is 1.89. The summed E-state index contributed by atoms with van der Waals surface area (Å²) in [5.74, 6) is 0.398. The first-order chi connectivity index (χ1) is 10.1. The maximum Gasteiger partial charge on any atom is 0.257 e. The van der Waals surface area contributed by atoms with E-state index in [9.17, 15) is 4.79 Å². The summed E-state index contributed by atoms with van der Waals surface area (Å²) in [4.78, 5) is 16.8. The predicted octanol–water partition coefficient (Wildman–Crippen LogP) is 4.56. The second-order valence-electron chi connectivity index (χ2n) is 4.74. The Labute approximate surface area is 131 Å². The van der Waals surface area contributed by atoms with Gasteiger partial charge in [-0.1, -0.05) is 36.4 Å². The number of benzene rings is 2. The predicted molar refractivity (Wildman–Crippen MR) is 88.6 cm³/mol. The van der Waals surface area contributed by atoms with Gasteiger partial charge >= 0.3 is 0 Å². The first-order valence-corrected chi connectivity index (χ1v) is 7.37. The van der Waals surface area contributed by atoms with Crippen molar-refractivity contribution in [2.24, 2.45) is 0 Å². The van der Waals surface area contributed by atoms with Gasteiger partial charge in [-0.15, -0.1) is 0 Å². The van der Waals surface area contributed by atoms with Crippen molar-refractivity contribution in [1.82, 2.24) is 4.98 Å². The van der Waals surface area contributed by atoms with Gasteiger partial charge in [0.2, 0.25) is 0 Å². The number of anilines is 1. The summed E-state index contributed by atoms with van der Waals surface area (Å²) in [6, 6.07) is 17.2. The molecule has 3 rings (SSSR count). The number of nitrogens with one attached hydrogen (secondary N) is 1. The van der Waals surface area contributed by atoms with Crippen molar-refractivity contribution in [3.8, 4) is 0 Å².